The maximum absolute atomic E-state index is 10.9. The summed E-state index contributed by atoms with van der Waals surface area (Å²) in [6, 6.07) is 9.64. The number of carboxylic acids is 1. The van der Waals surface area contributed by atoms with Crippen LogP contribution in [-0.2, 0) is 6.54 Å². The Hall–Kier alpha value is -1.36. The highest BCUT2D eigenvalue weighted by atomic mass is 35.5. The summed E-state index contributed by atoms with van der Waals surface area (Å²) >= 11 is 7.18. The third kappa shape index (κ3) is 3.60. The number of carboxylic acid groups (broad SMARTS) is 1. The van der Waals surface area contributed by atoms with Crippen LogP contribution >= 0.6 is 22.9 Å². The zero-order chi connectivity index (χ0) is 14.7. The molecule has 106 valence electrons. The molecule has 1 atom stereocenters. The van der Waals surface area contributed by atoms with Crippen LogP contribution in [0.4, 0.5) is 0 Å². The topological polar surface area (TPSA) is 49.3 Å². The van der Waals surface area contributed by atoms with Crippen LogP contribution in [0.15, 0.2) is 30.3 Å². The molecule has 0 aliphatic rings. The van der Waals surface area contributed by atoms with Gasteiger partial charge in [-0.05, 0) is 43.2 Å². The minimum Gasteiger partial charge on any atom is -0.477 e. The Morgan fingerprint density at radius 2 is 2.05 bits per heavy atom. The lowest BCUT2D eigenvalue weighted by atomic mass is 10.1. The van der Waals surface area contributed by atoms with Gasteiger partial charge in [0.15, 0.2) is 0 Å². The molecule has 0 amide bonds. The second-order valence-corrected chi connectivity index (χ2v) is 6.34. The number of aromatic carboxylic acids is 1. The van der Waals surface area contributed by atoms with E-state index in [1.807, 2.05) is 31.2 Å². The molecule has 0 aliphatic carbocycles. The molecule has 0 saturated heterocycles. The van der Waals surface area contributed by atoms with E-state index in [-0.39, 0.29) is 6.04 Å². The van der Waals surface area contributed by atoms with Crippen LogP contribution in [-0.4, -0.2) is 11.1 Å². The number of benzene rings is 1. The molecule has 3 nitrogen and oxygen atoms in total. The average molecular weight is 310 g/mol. The van der Waals surface area contributed by atoms with Crippen molar-refractivity contribution in [3.05, 3.63) is 56.2 Å². The van der Waals surface area contributed by atoms with E-state index in [0.717, 1.165) is 21.0 Å². The molecule has 0 spiro atoms. The number of thiophene rings is 1. The largest absolute Gasteiger partial charge is 0.477 e. The maximum atomic E-state index is 10.9. The molecular formula is C15H16ClNO2S. The van der Waals surface area contributed by atoms with E-state index in [2.05, 4.69) is 12.2 Å². The van der Waals surface area contributed by atoms with Gasteiger partial charge in [0.05, 0.1) is 0 Å². The Bertz CT molecular complexity index is 607. The molecular weight excluding hydrogens is 294 g/mol. The molecule has 0 radical (unpaired) electrons. The van der Waals surface area contributed by atoms with Crippen molar-refractivity contribution in [2.75, 3.05) is 0 Å². The Labute approximate surface area is 127 Å². The van der Waals surface area contributed by atoms with Crippen molar-refractivity contribution in [3.8, 4) is 0 Å². The highest BCUT2D eigenvalue weighted by Gasteiger charge is 2.12. The van der Waals surface area contributed by atoms with Gasteiger partial charge in [0, 0.05) is 22.5 Å². The summed E-state index contributed by atoms with van der Waals surface area (Å²) in [6.07, 6.45) is 0. The predicted octanol–water partition coefficient (Wildman–Crippen LogP) is 4.26. The summed E-state index contributed by atoms with van der Waals surface area (Å²) in [5.41, 5.74) is 2.19. The van der Waals surface area contributed by atoms with Crippen molar-refractivity contribution < 1.29 is 9.90 Å². The van der Waals surface area contributed by atoms with E-state index in [4.69, 9.17) is 16.7 Å². The van der Waals surface area contributed by atoms with Crippen molar-refractivity contribution in [2.24, 2.45) is 0 Å². The molecule has 0 unspecified atom stereocenters. The first-order valence-electron chi connectivity index (χ1n) is 6.29. The number of hydrogen-bond donors (Lipinski definition) is 2. The van der Waals surface area contributed by atoms with Crippen molar-refractivity contribution in [1.29, 1.82) is 0 Å². The first-order valence-corrected chi connectivity index (χ1v) is 7.48. The van der Waals surface area contributed by atoms with Gasteiger partial charge in [-0.2, -0.15) is 0 Å². The van der Waals surface area contributed by atoms with Crippen LogP contribution in [0.2, 0.25) is 5.02 Å². The van der Waals surface area contributed by atoms with Gasteiger partial charge in [-0.3, -0.25) is 0 Å². The fourth-order valence-electron chi connectivity index (χ4n) is 1.93. The van der Waals surface area contributed by atoms with Gasteiger partial charge in [-0.15, -0.1) is 11.3 Å². The van der Waals surface area contributed by atoms with Crippen LogP contribution in [0.3, 0.4) is 0 Å². The SMILES string of the molecule is Cc1sc(C(=O)O)cc1CN[C@@H](C)c1ccc(Cl)cc1. The average Bonchev–Trinajstić information content (AvgIpc) is 2.78. The van der Waals surface area contributed by atoms with Crippen LogP contribution in [0, 0.1) is 6.92 Å². The number of aryl methyl sites for hydroxylation is 1. The van der Waals surface area contributed by atoms with Gasteiger partial charge < -0.3 is 10.4 Å². The summed E-state index contributed by atoms with van der Waals surface area (Å²) in [6.45, 7) is 4.67. The van der Waals surface area contributed by atoms with Crippen molar-refractivity contribution in [2.45, 2.75) is 26.4 Å². The molecule has 0 bridgehead atoms. The molecule has 20 heavy (non-hydrogen) atoms. The quantitative estimate of drug-likeness (QED) is 0.867. The van der Waals surface area contributed by atoms with Crippen LogP contribution in [0.5, 0.6) is 0 Å². The fraction of sp³-hybridized carbons (Fsp3) is 0.267. The van der Waals surface area contributed by atoms with Gasteiger partial charge >= 0.3 is 5.97 Å². The van der Waals surface area contributed by atoms with Crippen molar-refractivity contribution in [3.63, 3.8) is 0 Å². The summed E-state index contributed by atoms with van der Waals surface area (Å²) < 4.78 is 0. The highest BCUT2D eigenvalue weighted by Crippen LogP contribution is 2.23. The molecule has 0 aliphatic heterocycles. The van der Waals surface area contributed by atoms with Gasteiger partial charge in [-0.25, -0.2) is 4.79 Å². The Balaban J connectivity index is 2.01. The summed E-state index contributed by atoms with van der Waals surface area (Å²) in [5, 5.41) is 13.1. The van der Waals surface area contributed by atoms with Crippen LogP contribution in [0.25, 0.3) is 0 Å². The minimum absolute atomic E-state index is 0.180. The maximum Gasteiger partial charge on any atom is 0.345 e. The molecule has 1 aromatic heterocycles. The van der Waals surface area contributed by atoms with E-state index in [1.165, 1.54) is 11.3 Å². The zero-order valence-corrected chi connectivity index (χ0v) is 12.9. The summed E-state index contributed by atoms with van der Waals surface area (Å²) in [5.74, 6) is -0.866. The second kappa shape index (κ2) is 6.39. The Morgan fingerprint density at radius 3 is 2.60 bits per heavy atom. The van der Waals surface area contributed by atoms with Gasteiger partial charge in [-0.1, -0.05) is 23.7 Å². The van der Waals surface area contributed by atoms with Crippen molar-refractivity contribution in [1.82, 2.24) is 5.32 Å². The first kappa shape index (κ1) is 15.0. The normalized spacial score (nSPS) is 12.3. The zero-order valence-electron chi connectivity index (χ0n) is 11.3. The van der Waals surface area contributed by atoms with E-state index in [0.29, 0.717) is 11.4 Å². The summed E-state index contributed by atoms with van der Waals surface area (Å²) in [7, 11) is 0. The van der Waals surface area contributed by atoms with Gasteiger partial charge in [0.25, 0.3) is 0 Å². The van der Waals surface area contributed by atoms with E-state index in [1.54, 1.807) is 6.07 Å². The number of hydrogen-bond acceptors (Lipinski definition) is 3. The van der Waals surface area contributed by atoms with Gasteiger partial charge in [0.1, 0.15) is 4.88 Å². The van der Waals surface area contributed by atoms with Crippen LogP contribution < -0.4 is 5.32 Å². The van der Waals surface area contributed by atoms with Crippen molar-refractivity contribution >= 4 is 28.9 Å². The van der Waals surface area contributed by atoms with E-state index < -0.39 is 5.97 Å². The molecule has 5 heteroatoms. The van der Waals surface area contributed by atoms with E-state index >= 15 is 0 Å². The lowest BCUT2D eigenvalue weighted by Crippen LogP contribution is -2.18. The molecule has 1 heterocycles. The molecule has 2 aromatic rings. The Kier molecular flexibility index (Phi) is 4.81. The number of rotatable bonds is 5. The molecule has 1 aromatic carbocycles. The third-order valence-corrected chi connectivity index (χ3v) is 4.53. The number of nitrogens with one attached hydrogen (secondary N) is 1. The molecule has 0 fully saturated rings. The number of carbonyl (C=O) groups is 1. The van der Waals surface area contributed by atoms with Crippen LogP contribution in [0.1, 0.15) is 38.6 Å². The smallest absolute Gasteiger partial charge is 0.345 e. The monoisotopic (exact) mass is 309 g/mol. The third-order valence-electron chi connectivity index (χ3n) is 3.20. The molecule has 2 rings (SSSR count). The highest BCUT2D eigenvalue weighted by molar-refractivity contribution is 7.14. The predicted molar refractivity (Wildman–Crippen MR) is 82.7 cm³/mol. The van der Waals surface area contributed by atoms with Gasteiger partial charge in [0.2, 0.25) is 0 Å². The lowest BCUT2D eigenvalue weighted by molar-refractivity contribution is 0.0702. The standard InChI is InChI=1S/C15H16ClNO2S/c1-9(11-3-5-13(16)6-4-11)17-8-12-7-14(15(18)19)20-10(12)2/h3-7,9,17H,8H2,1-2H3,(H,18,19)/t9-/m0/s1. The lowest BCUT2D eigenvalue weighted by Gasteiger charge is -2.14. The summed E-state index contributed by atoms with van der Waals surface area (Å²) in [4.78, 5) is 12.4. The number of halogens is 1. The minimum atomic E-state index is -0.866. The van der Waals surface area contributed by atoms with E-state index in [9.17, 15) is 4.79 Å². The fourth-order valence-corrected chi connectivity index (χ4v) is 2.94. The molecule has 0 saturated carbocycles. The first-order chi connectivity index (χ1) is 9.47. The Morgan fingerprint density at radius 1 is 1.40 bits per heavy atom. The second-order valence-electron chi connectivity index (χ2n) is 4.65. The molecule has 2 N–H and O–H groups in total.